The molecule has 0 radical (unpaired) electrons. The molecule has 1 saturated heterocycles. The van der Waals surface area contributed by atoms with Crippen molar-refractivity contribution in [1.29, 1.82) is 0 Å². The van der Waals surface area contributed by atoms with E-state index in [0.29, 0.717) is 22.4 Å². The van der Waals surface area contributed by atoms with Crippen LogP contribution < -0.4 is 16.0 Å². The van der Waals surface area contributed by atoms with E-state index < -0.39 is 0 Å². The van der Waals surface area contributed by atoms with E-state index >= 15 is 0 Å². The molecule has 170 valence electrons. The van der Waals surface area contributed by atoms with Gasteiger partial charge in [0.2, 0.25) is 5.95 Å². The normalized spacial score (nSPS) is 14.7. The van der Waals surface area contributed by atoms with Gasteiger partial charge in [-0.3, -0.25) is 0 Å². The topological polar surface area (TPSA) is 92.2 Å². The second kappa shape index (κ2) is 9.09. The molecule has 0 amide bonds. The van der Waals surface area contributed by atoms with Crippen molar-refractivity contribution in [1.82, 2.24) is 14.5 Å². The number of halogens is 2. The van der Waals surface area contributed by atoms with Crippen LogP contribution in [0, 0.1) is 0 Å². The van der Waals surface area contributed by atoms with E-state index in [1.165, 1.54) is 0 Å². The molecule has 33 heavy (non-hydrogen) atoms. The van der Waals surface area contributed by atoms with E-state index in [0.717, 1.165) is 53.9 Å². The first kappa shape index (κ1) is 21.8. The Morgan fingerprint density at radius 2 is 1.64 bits per heavy atom. The van der Waals surface area contributed by atoms with Crippen LogP contribution in [0.15, 0.2) is 54.7 Å². The molecule has 0 atom stereocenters. The summed E-state index contributed by atoms with van der Waals surface area (Å²) in [5, 5.41) is 14.3. The van der Waals surface area contributed by atoms with Crippen LogP contribution in [0.25, 0.3) is 16.7 Å². The standard InChI is InChI=1S/C24H24Cl2N6O/c25-19-2-1-3-20(26)18(19)14-28-23-22-21(29-24(27)30-23)10-13-32(22)16-6-4-15(5-7-16)31-11-8-17(33)9-12-31/h1-7,10,13,17,33H,8-9,11-12,14H2,(H3,27,28,29,30). The maximum atomic E-state index is 9.76. The molecule has 7 nitrogen and oxygen atoms in total. The lowest BCUT2D eigenvalue weighted by atomic mass is 10.1. The molecule has 1 aliphatic heterocycles. The number of aromatic nitrogens is 3. The van der Waals surface area contributed by atoms with E-state index in [4.69, 9.17) is 28.9 Å². The van der Waals surface area contributed by atoms with Crippen molar-refractivity contribution in [3.63, 3.8) is 0 Å². The van der Waals surface area contributed by atoms with Crippen LogP contribution in [-0.4, -0.2) is 38.8 Å². The first-order chi connectivity index (χ1) is 16.0. The van der Waals surface area contributed by atoms with Crippen molar-refractivity contribution in [2.45, 2.75) is 25.5 Å². The van der Waals surface area contributed by atoms with Gasteiger partial charge >= 0.3 is 0 Å². The number of hydrogen-bond acceptors (Lipinski definition) is 6. The van der Waals surface area contributed by atoms with Gasteiger partial charge < -0.3 is 25.6 Å². The fourth-order valence-electron chi connectivity index (χ4n) is 4.22. The second-order valence-corrected chi connectivity index (χ2v) is 8.95. The Bertz CT molecular complexity index is 1260. The molecular weight excluding hydrogens is 459 g/mol. The molecule has 1 aliphatic rings. The van der Waals surface area contributed by atoms with Gasteiger partial charge in [0.15, 0.2) is 5.82 Å². The van der Waals surface area contributed by atoms with E-state index in [1.807, 2.05) is 35.0 Å². The van der Waals surface area contributed by atoms with Crippen molar-refractivity contribution in [3.8, 4) is 5.69 Å². The predicted molar refractivity (Wildman–Crippen MR) is 135 cm³/mol. The van der Waals surface area contributed by atoms with Gasteiger partial charge in [-0.15, -0.1) is 0 Å². The Morgan fingerprint density at radius 1 is 0.970 bits per heavy atom. The molecule has 4 aromatic rings. The van der Waals surface area contributed by atoms with Crippen LogP contribution in [0.4, 0.5) is 17.5 Å². The third-order valence-corrected chi connectivity index (χ3v) is 6.71. The lowest BCUT2D eigenvalue weighted by Crippen LogP contribution is -2.35. The first-order valence-corrected chi connectivity index (χ1v) is 11.6. The van der Waals surface area contributed by atoms with Gasteiger partial charge in [-0.25, -0.2) is 4.98 Å². The fourth-order valence-corrected chi connectivity index (χ4v) is 4.75. The number of benzene rings is 2. The van der Waals surface area contributed by atoms with Crippen LogP contribution in [0.3, 0.4) is 0 Å². The Labute approximate surface area is 201 Å². The highest BCUT2D eigenvalue weighted by atomic mass is 35.5. The van der Waals surface area contributed by atoms with Gasteiger partial charge in [0.05, 0.1) is 11.6 Å². The minimum atomic E-state index is -0.189. The number of nitrogens with zero attached hydrogens (tertiary/aromatic N) is 4. The highest BCUT2D eigenvalue weighted by molar-refractivity contribution is 6.36. The lowest BCUT2D eigenvalue weighted by molar-refractivity contribution is 0.145. The molecule has 3 heterocycles. The molecule has 9 heteroatoms. The maximum Gasteiger partial charge on any atom is 0.222 e. The van der Waals surface area contributed by atoms with Crippen LogP contribution in [0.1, 0.15) is 18.4 Å². The summed E-state index contributed by atoms with van der Waals surface area (Å²) >= 11 is 12.7. The molecule has 0 unspecified atom stereocenters. The third-order valence-electron chi connectivity index (χ3n) is 6.00. The Balaban J connectivity index is 1.46. The van der Waals surface area contributed by atoms with E-state index in [2.05, 4.69) is 44.5 Å². The van der Waals surface area contributed by atoms with Crippen molar-refractivity contribution in [2.75, 3.05) is 29.0 Å². The molecule has 0 saturated carbocycles. The smallest absolute Gasteiger partial charge is 0.222 e. The van der Waals surface area contributed by atoms with Crippen molar-refractivity contribution < 1.29 is 5.11 Å². The number of anilines is 3. The van der Waals surface area contributed by atoms with E-state index in [1.54, 1.807) is 0 Å². The number of aliphatic hydroxyl groups excluding tert-OH is 1. The highest BCUT2D eigenvalue weighted by Gasteiger charge is 2.18. The summed E-state index contributed by atoms with van der Waals surface area (Å²) in [7, 11) is 0. The zero-order chi connectivity index (χ0) is 22.9. The molecule has 0 spiro atoms. The molecule has 2 aromatic carbocycles. The van der Waals surface area contributed by atoms with E-state index in [9.17, 15) is 5.11 Å². The molecule has 0 bridgehead atoms. The lowest BCUT2D eigenvalue weighted by Gasteiger charge is -2.31. The third kappa shape index (κ3) is 4.44. The minimum Gasteiger partial charge on any atom is -0.393 e. The van der Waals surface area contributed by atoms with Crippen LogP contribution in [0.2, 0.25) is 10.0 Å². The summed E-state index contributed by atoms with van der Waals surface area (Å²) in [4.78, 5) is 11.1. The Morgan fingerprint density at radius 3 is 2.33 bits per heavy atom. The van der Waals surface area contributed by atoms with Gasteiger partial charge in [0, 0.05) is 52.8 Å². The summed E-state index contributed by atoms with van der Waals surface area (Å²) in [6, 6.07) is 15.7. The molecule has 5 rings (SSSR count). The average molecular weight is 483 g/mol. The monoisotopic (exact) mass is 482 g/mol. The van der Waals surface area contributed by atoms with Crippen molar-refractivity contribution in [3.05, 3.63) is 70.3 Å². The number of fused-ring (bicyclic) bond motifs is 1. The zero-order valence-corrected chi connectivity index (χ0v) is 19.4. The number of nitrogens with two attached hydrogens (primary N) is 1. The van der Waals surface area contributed by atoms with E-state index in [-0.39, 0.29) is 12.1 Å². The number of aliphatic hydroxyl groups is 1. The fraction of sp³-hybridized carbons (Fsp3) is 0.250. The van der Waals surface area contributed by atoms with Crippen molar-refractivity contribution in [2.24, 2.45) is 0 Å². The minimum absolute atomic E-state index is 0.189. The quantitative estimate of drug-likeness (QED) is 0.375. The summed E-state index contributed by atoms with van der Waals surface area (Å²) in [6.45, 7) is 2.12. The number of nitrogen functional groups attached to an aromatic ring is 1. The van der Waals surface area contributed by atoms with Gasteiger partial charge in [-0.1, -0.05) is 29.3 Å². The van der Waals surface area contributed by atoms with Gasteiger partial charge in [-0.05, 0) is 55.3 Å². The molecule has 1 fully saturated rings. The second-order valence-electron chi connectivity index (χ2n) is 8.14. The van der Waals surface area contributed by atoms with Gasteiger partial charge in [-0.2, -0.15) is 4.98 Å². The number of rotatable bonds is 5. The number of nitrogens with one attached hydrogen (secondary N) is 1. The average Bonchev–Trinajstić information content (AvgIpc) is 3.23. The summed E-state index contributed by atoms with van der Waals surface area (Å²) < 4.78 is 2.04. The first-order valence-electron chi connectivity index (χ1n) is 10.8. The largest absolute Gasteiger partial charge is 0.393 e. The predicted octanol–water partition coefficient (Wildman–Crippen LogP) is 4.88. The zero-order valence-electron chi connectivity index (χ0n) is 17.9. The number of piperidine rings is 1. The molecule has 4 N–H and O–H groups in total. The summed E-state index contributed by atoms with van der Waals surface area (Å²) in [6.07, 6.45) is 3.37. The molecular formula is C24H24Cl2N6O. The maximum absolute atomic E-state index is 9.76. The molecule has 0 aliphatic carbocycles. The Kier molecular flexibility index (Phi) is 6.01. The Hall–Kier alpha value is -3.00. The van der Waals surface area contributed by atoms with Crippen LogP contribution >= 0.6 is 23.2 Å². The van der Waals surface area contributed by atoms with Gasteiger partial charge in [0.1, 0.15) is 5.52 Å². The highest BCUT2D eigenvalue weighted by Crippen LogP contribution is 2.30. The number of hydrogen-bond donors (Lipinski definition) is 3. The summed E-state index contributed by atoms with van der Waals surface area (Å²) in [5.41, 5.74) is 10.5. The van der Waals surface area contributed by atoms with Crippen LogP contribution in [0.5, 0.6) is 0 Å². The van der Waals surface area contributed by atoms with Crippen LogP contribution in [-0.2, 0) is 6.54 Å². The SMILES string of the molecule is Nc1nc(NCc2c(Cl)cccc2Cl)c2c(ccn2-c2ccc(N3CCC(O)CC3)cc2)n1. The summed E-state index contributed by atoms with van der Waals surface area (Å²) in [5.74, 6) is 0.795. The van der Waals surface area contributed by atoms with Gasteiger partial charge in [0.25, 0.3) is 0 Å². The molecule has 2 aromatic heterocycles. The van der Waals surface area contributed by atoms with Crippen molar-refractivity contribution >= 4 is 51.7 Å².